The van der Waals surface area contributed by atoms with E-state index >= 15 is 0 Å². The summed E-state index contributed by atoms with van der Waals surface area (Å²) in [6, 6.07) is 24.2. The van der Waals surface area contributed by atoms with Crippen LogP contribution in [0.5, 0.6) is 11.5 Å². The number of nitrogens with zero attached hydrogens (tertiary/aromatic N) is 2. The van der Waals surface area contributed by atoms with Gasteiger partial charge in [-0.2, -0.15) is 5.26 Å². The number of hydrogen-bond acceptors (Lipinski definition) is 6. The van der Waals surface area contributed by atoms with Gasteiger partial charge in [-0.05, 0) is 54.1 Å². The number of nitriles is 1. The lowest BCUT2D eigenvalue weighted by Crippen LogP contribution is -2.27. The summed E-state index contributed by atoms with van der Waals surface area (Å²) in [5.74, 6) is 0.739. The Bertz CT molecular complexity index is 1280. The van der Waals surface area contributed by atoms with Crippen LogP contribution in [0.4, 0.5) is 4.79 Å². The Morgan fingerprint density at radius 3 is 2.50 bits per heavy atom. The van der Waals surface area contributed by atoms with E-state index in [9.17, 15) is 14.9 Å². The summed E-state index contributed by atoms with van der Waals surface area (Å²) in [5, 5.41) is 8.98. The first-order valence-corrected chi connectivity index (χ1v) is 11.6. The molecule has 0 bridgehead atoms. The number of imide groups is 1. The Morgan fingerprint density at radius 1 is 0.971 bits per heavy atom. The lowest BCUT2D eigenvalue weighted by molar-refractivity contribution is -0.123. The standard InChI is InChI=1S/C27H22N2O4S/c1-2-32-24-14-20(12-13-23(24)33-18-22-11-7-6-10-21(22)16-28)15-25-26(30)29(27(31)34-25)17-19-8-4-3-5-9-19/h3-15H,2,17-18H2,1H3/b25-15-. The van der Waals surface area contributed by atoms with Crippen LogP contribution >= 0.6 is 11.8 Å². The lowest BCUT2D eigenvalue weighted by atomic mass is 10.1. The molecule has 170 valence electrons. The first-order valence-electron chi connectivity index (χ1n) is 10.8. The van der Waals surface area contributed by atoms with E-state index in [0.717, 1.165) is 28.5 Å². The molecule has 0 unspecified atom stereocenters. The van der Waals surface area contributed by atoms with Crippen molar-refractivity contribution in [2.24, 2.45) is 0 Å². The lowest BCUT2D eigenvalue weighted by Gasteiger charge is -2.13. The van der Waals surface area contributed by atoms with Crippen molar-refractivity contribution in [3.05, 3.63) is 100.0 Å². The number of thioether (sulfide) groups is 1. The van der Waals surface area contributed by atoms with Crippen molar-refractivity contribution in [3.8, 4) is 17.6 Å². The number of amides is 2. The summed E-state index contributed by atoms with van der Waals surface area (Å²) in [4.78, 5) is 26.9. The third-order valence-electron chi connectivity index (χ3n) is 5.14. The molecule has 0 aromatic heterocycles. The first kappa shape index (κ1) is 23.1. The molecule has 2 amide bonds. The molecule has 0 spiro atoms. The predicted octanol–water partition coefficient (Wildman–Crippen LogP) is 5.77. The van der Waals surface area contributed by atoms with Crippen molar-refractivity contribution >= 4 is 29.0 Å². The van der Waals surface area contributed by atoms with Crippen LogP contribution < -0.4 is 9.47 Å². The molecule has 1 aliphatic rings. The zero-order valence-electron chi connectivity index (χ0n) is 18.6. The number of benzene rings is 3. The normalized spacial score (nSPS) is 14.4. The van der Waals surface area contributed by atoms with Crippen LogP contribution in [-0.2, 0) is 17.9 Å². The predicted molar refractivity (Wildman–Crippen MR) is 131 cm³/mol. The van der Waals surface area contributed by atoms with Crippen molar-refractivity contribution in [1.29, 1.82) is 5.26 Å². The van der Waals surface area contributed by atoms with E-state index in [-0.39, 0.29) is 24.3 Å². The largest absolute Gasteiger partial charge is 0.490 e. The molecule has 1 heterocycles. The second-order valence-electron chi connectivity index (χ2n) is 7.45. The molecule has 0 radical (unpaired) electrons. The van der Waals surface area contributed by atoms with Gasteiger partial charge in [0.1, 0.15) is 6.61 Å². The summed E-state index contributed by atoms with van der Waals surface area (Å²) < 4.78 is 11.7. The van der Waals surface area contributed by atoms with Gasteiger partial charge in [0.2, 0.25) is 0 Å². The molecule has 0 N–H and O–H groups in total. The molecule has 0 aliphatic carbocycles. The van der Waals surface area contributed by atoms with Gasteiger partial charge in [0.25, 0.3) is 11.1 Å². The second kappa shape index (κ2) is 10.7. The zero-order chi connectivity index (χ0) is 23.9. The second-order valence-corrected chi connectivity index (χ2v) is 8.44. The summed E-state index contributed by atoms with van der Waals surface area (Å²) >= 11 is 0.927. The Balaban J connectivity index is 1.52. The quantitative estimate of drug-likeness (QED) is 0.389. The van der Waals surface area contributed by atoms with Crippen molar-refractivity contribution < 1.29 is 19.1 Å². The molecule has 3 aromatic rings. The van der Waals surface area contributed by atoms with Crippen molar-refractivity contribution in [2.45, 2.75) is 20.1 Å². The van der Waals surface area contributed by atoms with E-state index in [2.05, 4.69) is 6.07 Å². The smallest absolute Gasteiger partial charge is 0.293 e. The van der Waals surface area contributed by atoms with E-state index in [0.29, 0.717) is 28.6 Å². The van der Waals surface area contributed by atoms with Gasteiger partial charge in [-0.15, -0.1) is 0 Å². The summed E-state index contributed by atoms with van der Waals surface area (Å²) in [6.07, 6.45) is 1.69. The van der Waals surface area contributed by atoms with Crippen molar-refractivity contribution in [1.82, 2.24) is 4.90 Å². The Hall–Kier alpha value is -4.02. The number of carbonyl (C=O) groups is 2. The van der Waals surface area contributed by atoms with E-state index in [1.54, 1.807) is 30.3 Å². The zero-order valence-corrected chi connectivity index (χ0v) is 19.4. The average Bonchev–Trinajstić information content (AvgIpc) is 3.12. The molecule has 34 heavy (non-hydrogen) atoms. The van der Waals surface area contributed by atoms with Crippen LogP contribution in [-0.4, -0.2) is 22.7 Å². The molecule has 3 aromatic carbocycles. The van der Waals surface area contributed by atoms with Crippen LogP contribution in [0.3, 0.4) is 0 Å². The average molecular weight is 471 g/mol. The summed E-state index contributed by atoms with van der Waals surface area (Å²) in [7, 11) is 0. The third kappa shape index (κ3) is 5.30. The summed E-state index contributed by atoms with van der Waals surface area (Å²) in [6.45, 7) is 2.77. The molecular weight excluding hydrogens is 448 g/mol. The number of ether oxygens (including phenoxy) is 2. The van der Waals surface area contributed by atoms with Crippen molar-refractivity contribution in [2.75, 3.05) is 6.61 Å². The fraction of sp³-hybridized carbons (Fsp3) is 0.148. The van der Waals surface area contributed by atoms with Crippen LogP contribution in [0.25, 0.3) is 6.08 Å². The number of rotatable bonds is 8. The first-order chi connectivity index (χ1) is 16.6. The van der Waals surface area contributed by atoms with Gasteiger partial charge < -0.3 is 9.47 Å². The maximum Gasteiger partial charge on any atom is 0.293 e. The third-order valence-corrected chi connectivity index (χ3v) is 6.05. The summed E-state index contributed by atoms with van der Waals surface area (Å²) in [5.41, 5.74) is 2.95. The van der Waals surface area contributed by atoms with Gasteiger partial charge in [-0.25, -0.2) is 0 Å². The minimum absolute atomic E-state index is 0.224. The fourth-order valence-corrected chi connectivity index (χ4v) is 4.30. The van der Waals surface area contributed by atoms with Crippen LogP contribution in [0, 0.1) is 11.3 Å². The highest BCUT2D eigenvalue weighted by Crippen LogP contribution is 2.35. The molecule has 4 rings (SSSR count). The van der Waals surface area contributed by atoms with Crippen molar-refractivity contribution in [3.63, 3.8) is 0 Å². The van der Waals surface area contributed by atoms with E-state index < -0.39 is 0 Å². The van der Waals surface area contributed by atoms with Gasteiger partial charge in [0.05, 0.1) is 29.7 Å². The molecule has 1 saturated heterocycles. The highest BCUT2D eigenvalue weighted by atomic mass is 32.2. The van der Waals surface area contributed by atoms with Gasteiger partial charge in [-0.1, -0.05) is 54.6 Å². The van der Waals surface area contributed by atoms with Gasteiger partial charge >= 0.3 is 0 Å². The maximum absolute atomic E-state index is 12.9. The van der Waals surface area contributed by atoms with Gasteiger partial charge in [0, 0.05) is 5.56 Å². The van der Waals surface area contributed by atoms with Gasteiger partial charge in [-0.3, -0.25) is 14.5 Å². The minimum atomic E-state index is -0.315. The Kier molecular flexibility index (Phi) is 7.31. The fourth-order valence-electron chi connectivity index (χ4n) is 3.47. The maximum atomic E-state index is 12.9. The van der Waals surface area contributed by atoms with Crippen LogP contribution in [0.15, 0.2) is 77.7 Å². The monoisotopic (exact) mass is 470 g/mol. The van der Waals surface area contributed by atoms with E-state index in [1.165, 1.54) is 4.90 Å². The molecular formula is C27H22N2O4S. The Morgan fingerprint density at radius 2 is 1.74 bits per heavy atom. The Labute approximate surface area is 202 Å². The molecule has 0 atom stereocenters. The van der Waals surface area contributed by atoms with E-state index in [1.807, 2.05) is 55.5 Å². The molecule has 1 fully saturated rings. The molecule has 1 aliphatic heterocycles. The highest BCUT2D eigenvalue weighted by molar-refractivity contribution is 8.18. The van der Waals surface area contributed by atoms with Gasteiger partial charge in [0.15, 0.2) is 11.5 Å². The van der Waals surface area contributed by atoms with Crippen LogP contribution in [0.1, 0.15) is 29.2 Å². The topological polar surface area (TPSA) is 79.6 Å². The molecule has 6 nitrogen and oxygen atoms in total. The number of hydrogen-bond donors (Lipinski definition) is 0. The minimum Gasteiger partial charge on any atom is -0.490 e. The van der Waals surface area contributed by atoms with Crippen LogP contribution in [0.2, 0.25) is 0 Å². The number of carbonyl (C=O) groups excluding carboxylic acids is 2. The molecule has 7 heteroatoms. The SMILES string of the molecule is CCOc1cc(/C=C2\SC(=O)N(Cc3ccccc3)C2=O)ccc1OCc1ccccc1C#N. The highest BCUT2D eigenvalue weighted by Gasteiger charge is 2.35. The molecule has 0 saturated carbocycles. The van der Waals surface area contributed by atoms with E-state index in [4.69, 9.17) is 9.47 Å².